The molecule has 0 aromatic heterocycles. The van der Waals surface area contributed by atoms with Crippen LogP contribution in [0, 0.1) is 0 Å². The van der Waals surface area contributed by atoms with E-state index in [4.69, 9.17) is 17.3 Å². The van der Waals surface area contributed by atoms with Gasteiger partial charge in [0.15, 0.2) is 4.32 Å². The van der Waals surface area contributed by atoms with Crippen molar-refractivity contribution >= 4 is 52.2 Å². The molecule has 2 aromatic rings. The third-order valence-corrected chi connectivity index (χ3v) is 5.78. The first-order chi connectivity index (χ1) is 14.1. The number of hydrogen-bond acceptors (Lipinski definition) is 5. The van der Waals surface area contributed by atoms with Crippen LogP contribution in [-0.2, 0) is 10.2 Å². The Morgan fingerprint density at radius 1 is 1.03 bits per heavy atom. The molecule has 154 valence electrons. The average molecular weight is 441 g/mol. The molecule has 0 atom stereocenters. The number of benzene rings is 2. The van der Waals surface area contributed by atoms with Crippen LogP contribution in [0.2, 0.25) is 0 Å². The van der Waals surface area contributed by atoms with Gasteiger partial charge in [-0.2, -0.15) is 5.01 Å². The lowest BCUT2D eigenvalue weighted by Gasteiger charge is -2.19. The molecule has 3 rings (SSSR count). The molecule has 0 saturated carbocycles. The maximum atomic E-state index is 12.7. The maximum absolute atomic E-state index is 12.7. The van der Waals surface area contributed by atoms with Crippen LogP contribution in [-0.4, -0.2) is 32.2 Å². The SMILES string of the molecule is CC(C)(C)c1ccc(C(=O)NN2C(=O)/C(=C\c3ccc(C(=O)O)cc3)SC2=S)cc1. The van der Waals surface area contributed by atoms with Crippen molar-refractivity contribution in [2.75, 3.05) is 0 Å². The summed E-state index contributed by atoms with van der Waals surface area (Å²) in [6.45, 7) is 6.26. The molecule has 0 unspecified atom stereocenters. The number of carbonyl (C=O) groups is 3. The summed E-state index contributed by atoms with van der Waals surface area (Å²) in [6, 6.07) is 13.3. The number of carboxylic acids is 1. The Morgan fingerprint density at radius 3 is 2.13 bits per heavy atom. The summed E-state index contributed by atoms with van der Waals surface area (Å²) < 4.78 is 0.216. The van der Waals surface area contributed by atoms with Crippen LogP contribution in [0.1, 0.15) is 52.6 Å². The Bertz CT molecular complexity index is 1050. The topological polar surface area (TPSA) is 86.7 Å². The highest BCUT2D eigenvalue weighted by Crippen LogP contribution is 2.31. The van der Waals surface area contributed by atoms with Gasteiger partial charge in [0, 0.05) is 5.56 Å². The highest BCUT2D eigenvalue weighted by molar-refractivity contribution is 8.26. The first-order valence-electron chi connectivity index (χ1n) is 9.09. The summed E-state index contributed by atoms with van der Waals surface area (Å²) in [5, 5.41) is 10.0. The van der Waals surface area contributed by atoms with Crippen LogP contribution in [0.25, 0.3) is 6.08 Å². The fraction of sp³-hybridized carbons (Fsp3) is 0.182. The molecule has 1 fully saturated rings. The Morgan fingerprint density at radius 2 is 1.60 bits per heavy atom. The van der Waals surface area contributed by atoms with E-state index in [0.29, 0.717) is 16.0 Å². The molecule has 30 heavy (non-hydrogen) atoms. The first kappa shape index (κ1) is 21.7. The van der Waals surface area contributed by atoms with Gasteiger partial charge >= 0.3 is 5.97 Å². The lowest BCUT2D eigenvalue weighted by atomic mass is 9.87. The number of carboxylic acid groups (broad SMARTS) is 1. The van der Waals surface area contributed by atoms with Gasteiger partial charge in [-0.1, -0.05) is 56.8 Å². The lowest BCUT2D eigenvalue weighted by molar-refractivity contribution is -0.123. The third kappa shape index (κ3) is 4.77. The average Bonchev–Trinajstić information content (AvgIpc) is 2.95. The molecule has 0 spiro atoms. The minimum atomic E-state index is -1.02. The largest absolute Gasteiger partial charge is 0.478 e. The van der Waals surface area contributed by atoms with Crippen LogP contribution in [0.5, 0.6) is 0 Å². The summed E-state index contributed by atoms with van der Waals surface area (Å²) in [7, 11) is 0. The van der Waals surface area contributed by atoms with Gasteiger partial charge in [0.2, 0.25) is 0 Å². The molecular weight excluding hydrogens is 420 g/mol. The Labute approximate surface area is 183 Å². The van der Waals surface area contributed by atoms with Crippen molar-refractivity contribution in [2.24, 2.45) is 0 Å². The Kier molecular flexibility index (Phi) is 6.09. The zero-order chi connectivity index (χ0) is 22.1. The van der Waals surface area contributed by atoms with E-state index in [1.165, 1.54) is 12.1 Å². The molecule has 0 bridgehead atoms. The number of aromatic carboxylic acids is 1. The Hall–Kier alpha value is -2.97. The van der Waals surface area contributed by atoms with E-state index >= 15 is 0 Å². The fourth-order valence-corrected chi connectivity index (χ4v) is 3.90. The smallest absolute Gasteiger partial charge is 0.335 e. The van der Waals surface area contributed by atoms with Gasteiger partial charge < -0.3 is 5.11 Å². The number of nitrogens with one attached hydrogen (secondary N) is 1. The summed E-state index contributed by atoms with van der Waals surface area (Å²) in [4.78, 5) is 36.5. The number of hydrogen-bond donors (Lipinski definition) is 2. The van der Waals surface area contributed by atoms with Crippen LogP contribution >= 0.6 is 24.0 Å². The van der Waals surface area contributed by atoms with Crippen molar-refractivity contribution < 1.29 is 19.5 Å². The van der Waals surface area contributed by atoms with Crippen molar-refractivity contribution in [1.29, 1.82) is 0 Å². The van der Waals surface area contributed by atoms with Crippen molar-refractivity contribution in [1.82, 2.24) is 10.4 Å². The van der Waals surface area contributed by atoms with E-state index in [1.807, 2.05) is 12.1 Å². The van der Waals surface area contributed by atoms with Crippen LogP contribution < -0.4 is 5.43 Å². The second-order valence-corrected chi connectivity index (χ2v) is 9.39. The normalized spacial score (nSPS) is 15.6. The molecule has 1 saturated heterocycles. The predicted molar refractivity (Wildman–Crippen MR) is 121 cm³/mol. The number of rotatable bonds is 4. The van der Waals surface area contributed by atoms with Gasteiger partial charge in [-0.3, -0.25) is 15.0 Å². The Balaban J connectivity index is 1.73. The second kappa shape index (κ2) is 8.41. The van der Waals surface area contributed by atoms with Gasteiger partial charge in [0.05, 0.1) is 10.5 Å². The molecule has 8 heteroatoms. The molecule has 0 radical (unpaired) electrons. The van der Waals surface area contributed by atoms with Gasteiger partial charge in [-0.25, -0.2) is 4.79 Å². The summed E-state index contributed by atoms with van der Waals surface area (Å²) in [5.74, 6) is -1.89. The number of amides is 2. The van der Waals surface area contributed by atoms with Crippen LogP contribution in [0.15, 0.2) is 53.4 Å². The number of carbonyl (C=O) groups excluding carboxylic acids is 2. The molecule has 2 amide bonds. The van der Waals surface area contributed by atoms with Gasteiger partial charge in [0.25, 0.3) is 11.8 Å². The standard InChI is InChI=1S/C22H20N2O4S2/c1-22(2,3)16-10-8-14(9-11-16)18(25)23-24-19(26)17(30-21(24)29)12-13-4-6-15(7-5-13)20(27)28/h4-12H,1-3H3,(H,23,25)(H,27,28)/b17-12+. The highest BCUT2D eigenvalue weighted by atomic mass is 32.2. The molecule has 2 N–H and O–H groups in total. The molecule has 1 heterocycles. The van der Waals surface area contributed by atoms with Crippen molar-refractivity contribution in [2.45, 2.75) is 26.2 Å². The van der Waals surface area contributed by atoms with Crippen molar-refractivity contribution in [3.05, 3.63) is 75.7 Å². The molecule has 2 aromatic carbocycles. The minimum Gasteiger partial charge on any atom is -0.478 e. The molecule has 1 aliphatic rings. The summed E-state index contributed by atoms with van der Waals surface area (Å²) in [6.07, 6.45) is 1.61. The quantitative estimate of drug-likeness (QED) is 0.547. The number of thioether (sulfide) groups is 1. The van der Waals surface area contributed by atoms with E-state index in [2.05, 4.69) is 26.2 Å². The van der Waals surface area contributed by atoms with E-state index in [-0.39, 0.29) is 15.3 Å². The van der Waals surface area contributed by atoms with E-state index in [9.17, 15) is 14.4 Å². The summed E-state index contributed by atoms with van der Waals surface area (Å²) >= 11 is 6.31. The highest BCUT2D eigenvalue weighted by Gasteiger charge is 2.33. The van der Waals surface area contributed by atoms with Crippen LogP contribution in [0.3, 0.4) is 0 Å². The van der Waals surface area contributed by atoms with Gasteiger partial charge in [-0.05, 0) is 59.1 Å². The molecule has 6 nitrogen and oxygen atoms in total. The fourth-order valence-electron chi connectivity index (χ4n) is 2.73. The van der Waals surface area contributed by atoms with Gasteiger partial charge in [0.1, 0.15) is 0 Å². The molecule has 0 aliphatic carbocycles. The lowest BCUT2D eigenvalue weighted by Crippen LogP contribution is -2.44. The zero-order valence-electron chi connectivity index (χ0n) is 16.6. The molecule has 1 aliphatic heterocycles. The monoisotopic (exact) mass is 440 g/mol. The van der Waals surface area contributed by atoms with Crippen LogP contribution in [0.4, 0.5) is 0 Å². The number of hydrazine groups is 1. The summed E-state index contributed by atoms with van der Waals surface area (Å²) in [5.41, 5.74) is 4.86. The van der Waals surface area contributed by atoms with Crippen molar-refractivity contribution in [3.63, 3.8) is 0 Å². The third-order valence-electron chi connectivity index (χ3n) is 4.48. The number of nitrogens with zero attached hydrogens (tertiary/aromatic N) is 1. The predicted octanol–water partition coefficient (Wildman–Crippen LogP) is 4.23. The van der Waals surface area contributed by atoms with E-state index in [1.54, 1.807) is 30.3 Å². The maximum Gasteiger partial charge on any atom is 0.335 e. The van der Waals surface area contributed by atoms with E-state index < -0.39 is 17.8 Å². The second-order valence-electron chi connectivity index (χ2n) is 7.71. The van der Waals surface area contributed by atoms with Gasteiger partial charge in [-0.15, -0.1) is 0 Å². The molecular formula is C22H20N2O4S2. The number of thiocarbonyl (C=S) groups is 1. The van der Waals surface area contributed by atoms with Crippen molar-refractivity contribution in [3.8, 4) is 0 Å². The minimum absolute atomic E-state index is 0.0273. The van der Waals surface area contributed by atoms with E-state index in [0.717, 1.165) is 22.3 Å². The first-order valence-corrected chi connectivity index (χ1v) is 10.3. The zero-order valence-corrected chi connectivity index (χ0v) is 18.3.